The number of rotatable bonds is 7. The molecule has 1 saturated heterocycles. The summed E-state index contributed by atoms with van der Waals surface area (Å²) in [4.78, 5) is 14.5. The number of hydrogen-bond donors (Lipinski definition) is 1. The van der Waals surface area contributed by atoms with E-state index in [2.05, 4.69) is 24.1 Å². The number of nitrogens with one attached hydrogen (secondary N) is 1. The van der Waals surface area contributed by atoms with Gasteiger partial charge in [-0.05, 0) is 65.1 Å². The smallest absolute Gasteiger partial charge is 0.326 e. The van der Waals surface area contributed by atoms with Gasteiger partial charge in [0.15, 0.2) is 0 Å². The highest BCUT2D eigenvalue weighted by Crippen LogP contribution is 2.28. The average Bonchev–Trinajstić information content (AvgIpc) is 2.37. The van der Waals surface area contributed by atoms with Gasteiger partial charge in [0.2, 0.25) is 0 Å². The zero-order chi connectivity index (χ0) is 15.2. The average molecular weight is 284 g/mol. The van der Waals surface area contributed by atoms with Crippen LogP contribution < -0.4 is 5.32 Å². The number of likely N-dealkylation sites (N-methyl/N-ethyl adjacent to an activating group) is 1. The molecule has 1 unspecified atom stereocenters. The standard InChI is InChI=1S/C16H32N2O2/c1-6-20-14(19)16(4,17-5)10-8-12-18-11-7-9-15(2,3)13-18/h17H,6-13H2,1-5H3. The molecule has 0 aromatic carbocycles. The molecule has 4 nitrogen and oxygen atoms in total. The van der Waals surface area contributed by atoms with E-state index in [-0.39, 0.29) is 5.97 Å². The highest BCUT2D eigenvalue weighted by Gasteiger charge is 2.33. The van der Waals surface area contributed by atoms with E-state index in [9.17, 15) is 4.79 Å². The summed E-state index contributed by atoms with van der Waals surface area (Å²) in [6.07, 6.45) is 4.44. The fourth-order valence-electron chi connectivity index (χ4n) is 3.01. The molecule has 118 valence electrons. The Hall–Kier alpha value is -0.610. The molecule has 0 aromatic heterocycles. The van der Waals surface area contributed by atoms with Gasteiger partial charge in [0.05, 0.1) is 6.61 Å². The molecule has 0 saturated carbocycles. The first-order valence-electron chi connectivity index (χ1n) is 7.91. The lowest BCUT2D eigenvalue weighted by atomic mass is 9.84. The van der Waals surface area contributed by atoms with Crippen molar-refractivity contribution in [2.75, 3.05) is 33.3 Å². The van der Waals surface area contributed by atoms with Crippen molar-refractivity contribution in [3.63, 3.8) is 0 Å². The lowest BCUT2D eigenvalue weighted by Crippen LogP contribution is -2.49. The van der Waals surface area contributed by atoms with Gasteiger partial charge in [-0.15, -0.1) is 0 Å². The third-order valence-corrected chi connectivity index (χ3v) is 4.41. The Morgan fingerprint density at radius 1 is 1.45 bits per heavy atom. The fraction of sp³-hybridized carbons (Fsp3) is 0.938. The minimum Gasteiger partial charge on any atom is -0.465 e. The van der Waals surface area contributed by atoms with E-state index < -0.39 is 5.54 Å². The van der Waals surface area contributed by atoms with Crippen molar-refractivity contribution in [1.29, 1.82) is 0 Å². The molecular weight excluding hydrogens is 252 g/mol. The summed E-state index contributed by atoms with van der Waals surface area (Å²) in [5.74, 6) is -0.138. The number of nitrogens with zero attached hydrogens (tertiary/aromatic N) is 1. The largest absolute Gasteiger partial charge is 0.465 e. The van der Waals surface area contributed by atoms with Crippen LogP contribution >= 0.6 is 0 Å². The minimum absolute atomic E-state index is 0.138. The highest BCUT2D eigenvalue weighted by molar-refractivity contribution is 5.80. The third-order valence-electron chi connectivity index (χ3n) is 4.41. The molecule has 1 rings (SSSR count). The van der Waals surface area contributed by atoms with Crippen LogP contribution in [0.15, 0.2) is 0 Å². The predicted octanol–water partition coefficient (Wildman–Crippen LogP) is 2.43. The molecule has 0 bridgehead atoms. The lowest BCUT2D eigenvalue weighted by molar-refractivity contribution is -0.150. The first kappa shape index (κ1) is 17.4. The van der Waals surface area contributed by atoms with Crippen molar-refractivity contribution in [3.05, 3.63) is 0 Å². The zero-order valence-corrected chi connectivity index (χ0v) is 13.9. The first-order chi connectivity index (χ1) is 9.33. The summed E-state index contributed by atoms with van der Waals surface area (Å²) in [7, 11) is 1.83. The molecule has 1 heterocycles. The van der Waals surface area contributed by atoms with Crippen molar-refractivity contribution < 1.29 is 9.53 Å². The number of carbonyl (C=O) groups is 1. The summed E-state index contributed by atoms with van der Waals surface area (Å²) in [6.45, 7) is 12.3. The predicted molar refractivity (Wildman–Crippen MR) is 82.8 cm³/mol. The van der Waals surface area contributed by atoms with E-state index in [1.807, 2.05) is 20.9 Å². The number of esters is 1. The second kappa shape index (κ2) is 7.41. The summed E-state index contributed by atoms with van der Waals surface area (Å²) in [5.41, 5.74) is -0.118. The van der Waals surface area contributed by atoms with Crippen LogP contribution in [0.4, 0.5) is 0 Å². The molecule has 0 radical (unpaired) electrons. The van der Waals surface area contributed by atoms with Gasteiger partial charge in [-0.2, -0.15) is 0 Å². The Labute approximate surface area is 124 Å². The second-order valence-corrected chi connectivity index (χ2v) is 6.95. The summed E-state index contributed by atoms with van der Waals surface area (Å²) in [6, 6.07) is 0. The van der Waals surface area contributed by atoms with Crippen LogP contribution in [0.1, 0.15) is 53.4 Å². The summed E-state index contributed by atoms with van der Waals surface area (Å²) in [5, 5.41) is 3.12. The second-order valence-electron chi connectivity index (χ2n) is 6.95. The molecule has 0 spiro atoms. The Bertz CT molecular complexity index is 318. The number of ether oxygens (including phenoxy) is 1. The van der Waals surface area contributed by atoms with Crippen molar-refractivity contribution in [2.45, 2.75) is 58.9 Å². The van der Waals surface area contributed by atoms with E-state index in [4.69, 9.17) is 4.74 Å². The number of carbonyl (C=O) groups excluding carboxylic acids is 1. The molecule has 1 N–H and O–H groups in total. The molecule has 1 aliphatic heterocycles. The van der Waals surface area contributed by atoms with E-state index in [1.54, 1.807) is 0 Å². The first-order valence-corrected chi connectivity index (χ1v) is 7.91. The number of piperidine rings is 1. The molecule has 1 atom stereocenters. The maximum Gasteiger partial charge on any atom is 0.326 e. The van der Waals surface area contributed by atoms with Crippen molar-refractivity contribution in [1.82, 2.24) is 10.2 Å². The maximum absolute atomic E-state index is 12.0. The summed E-state index contributed by atoms with van der Waals surface area (Å²) >= 11 is 0. The van der Waals surface area contributed by atoms with Crippen molar-refractivity contribution >= 4 is 5.97 Å². The number of likely N-dealkylation sites (tertiary alicyclic amines) is 1. The Balaban J connectivity index is 2.39. The quantitative estimate of drug-likeness (QED) is 0.729. The molecule has 4 heteroatoms. The zero-order valence-electron chi connectivity index (χ0n) is 13.9. The Kier molecular flexibility index (Phi) is 6.46. The van der Waals surface area contributed by atoms with Crippen LogP contribution in [0.25, 0.3) is 0 Å². The van der Waals surface area contributed by atoms with Gasteiger partial charge in [-0.1, -0.05) is 13.8 Å². The van der Waals surface area contributed by atoms with Crippen LogP contribution in [-0.4, -0.2) is 49.7 Å². The normalized spacial score (nSPS) is 22.2. The van der Waals surface area contributed by atoms with Gasteiger partial charge in [0.1, 0.15) is 5.54 Å². The van der Waals surface area contributed by atoms with Crippen molar-refractivity contribution in [2.24, 2.45) is 5.41 Å². The van der Waals surface area contributed by atoms with Gasteiger partial charge in [0, 0.05) is 6.54 Å². The molecule has 1 fully saturated rings. The Morgan fingerprint density at radius 2 is 2.15 bits per heavy atom. The van der Waals surface area contributed by atoms with Crippen molar-refractivity contribution in [3.8, 4) is 0 Å². The lowest BCUT2D eigenvalue weighted by Gasteiger charge is -2.38. The minimum atomic E-state index is -0.554. The SMILES string of the molecule is CCOC(=O)C(C)(CCCN1CCCC(C)(C)C1)NC. The maximum atomic E-state index is 12.0. The van der Waals surface area contributed by atoms with E-state index in [1.165, 1.54) is 25.9 Å². The van der Waals surface area contributed by atoms with Crippen LogP contribution in [0.3, 0.4) is 0 Å². The molecule has 1 aliphatic rings. The molecule has 0 aromatic rings. The third kappa shape index (κ3) is 5.06. The van der Waals surface area contributed by atoms with Crippen LogP contribution in [0.5, 0.6) is 0 Å². The van der Waals surface area contributed by atoms with Gasteiger partial charge >= 0.3 is 5.97 Å². The van der Waals surface area contributed by atoms with Gasteiger partial charge in [-0.25, -0.2) is 0 Å². The van der Waals surface area contributed by atoms with Crippen LogP contribution in [0, 0.1) is 5.41 Å². The molecule has 20 heavy (non-hydrogen) atoms. The summed E-state index contributed by atoms with van der Waals surface area (Å²) < 4.78 is 5.16. The van der Waals surface area contributed by atoms with Gasteiger partial charge in [-0.3, -0.25) is 4.79 Å². The van der Waals surface area contributed by atoms with E-state index in [0.29, 0.717) is 12.0 Å². The number of hydrogen-bond acceptors (Lipinski definition) is 4. The van der Waals surface area contributed by atoms with Crippen LogP contribution in [0.2, 0.25) is 0 Å². The van der Waals surface area contributed by atoms with E-state index in [0.717, 1.165) is 19.4 Å². The molecule has 0 aliphatic carbocycles. The topological polar surface area (TPSA) is 41.6 Å². The highest BCUT2D eigenvalue weighted by atomic mass is 16.5. The Morgan fingerprint density at radius 3 is 2.70 bits per heavy atom. The monoisotopic (exact) mass is 284 g/mol. The van der Waals surface area contributed by atoms with Gasteiger partial charge < -0.3 is 15.0 Å². The molecule has 0 amide bonds. The molecular formula is C16H32N2O2. The van der Waals surface area contributed by atoms with E-state index >= 15 is 0 Å². The van der Waals surface area contributed by atoms with Crippen LogP contribution in [-0.2, 0) is 9.53 Å². The van der Waals surface area contributed by atoms with Gasteiger partial charge in [0.25, 0.3) is 0 Å². The fourth-order valence-corrected chi connectivity index (χ4v) is 3.01.